The van der Waals surface area contributed by atoms with Crippen LogP contribution in [-0.4, -0.2) is 41.1 Å². The standard InChI is InChI=1S/C29H29N3O3S/c1-4-15-32-28(33)27(18-23-12-8-9-21(2)16-23)36-29(32)31-30-19-24-13-14-25(26(17-24)34-3)35-20-22-10-6-5-7-11-22/h4-14,16-17,19,27H,1,15,18,20H2,2-3H3. The number of thioether (sulfide) groups is 1. The van der Waals surface area contributed by atoms with Crippen molar-refractivity contribution < 1.29 is 14.3 Å². The van der Waals surface area contributed by atoms with Crippen LogP contribution in [0.3, 0.4) is 0 Å². The predicted molar refractivity (Wildman–Crippen MR) is 147 cm³/mol. The van der Waals surface area contributed by atoms with Crippen LogP contribution in [0.25, 0.3) is 0 Å². The zero-order valence-electron chi connectivity index (χ0n) is 20.5. The normalized spacial score (nSPS) is 16.6. The Labute approximate surface area is 216 Å². The lowest BCUT2D eigenvalue weighted by Crippen LogP contribution is -2.32. The highest BCUT2D eigenvalue weighted by molar-refractivity contribution is 8.15. The Morgan fingerprint density at radius 3 is 2.58 bits per heavy atom. The summed E-state index contributed by atoms with van der Waals surface area (Å²) in [6.45, 7) is 6.68. The third kappa shape index (κ3) is 6.43. The molecule has 1 fully saturated rings. The monoisotopic (exact) mass is 499 g/mol. The quantitative estimate of drug-likeness (QED) is 0.206. The molecule has 0 bridgehead atoms. The maximum Gasteiger partial charge on any atom is 0.242 e. The molecule has 1 amide bonds. The summed E-state index contributed by atoms with van der Waals surface area (Å²) in [5, 5.41) is 8.97. The number of amides is 1. The van der Waals surface area contributed by atoms with Crippen LogP contribution in [0.5, 0.6) is 11.5 Å². The molecule has 36 heavy (non-hydrogen) atoms. The Morgan fingerprint density at radius 2 is 1.83 bits per heavy atom. The van der Waals surface area contributed by atoms with E-state index in [2.05, 4.69) is 35.8 Å². The summed E-state index contributed by atoms with van der Waals surface area (Å²) >= 11 is 1.44. The lowest BCUT2D eigenvalue weighted by molar-refractivity contribution is -0.125. The van der Waals surface area contributed by atoms with E-state index < -0.39 is 0 Å². The SMILES string of the molecule is C=CCN1C(=O)C(Cc2cccc(C)c2)SC1=NN=Cc1ccc(OCc2ccccc2)c(OC)c1. The van der Waals surface area contributed by atoms with E-state index in [1.807, 2.05) is 60.7 Å². The molecule has 1 atom stereocenters. The van der Waals surface area contributed by atoms with Crippen molar-refractivity contribution in [2.75, 3.05) is 13.7 Å². The number of aryl methyl sites for hydroxylation is 1. The molecular weight excluding hydrogens is 470 g/mol. The summed E-state index contributed by atoms with van der Waals surface area (Å²) in [6, 6.07) is 23.8. The molecule has 7 heteroatoms. The second-order valence-electron chi connectivity index (χ2n) is 8.35. The van der Waals surface area contributed by atoms with Gasteiger partial charge >= 0.3 is 0 Å². The second-order valence-corrected chi connectivity index (χ2v) is 9.52. The molecule has 184 valence electrons. The molecule has 4 rings (SSSR count). The highest BCUT2D eigenvalue weighted by Crippen LogP contribution is 2.31. The number of ether oxygens (including phenoxy) is 2. The molecule has 1 saturated heterocycles. The molecule has 1 unspecified atom stereocenters. The predicted octanol–water partition coefficient (Wildman–Crippen LogP) is 5.65. The second kappa shape index (κ2) is 12.2. The maximum absolute atomic E-state index is 13.0. The van der Waals surface area contributed by atoms with Crippen LogP contribution in [0.2, 0.25) is 0 Å². The average Bonchev–Trinajstić information content (AvgIpc) is 3.17. The van der Waals surface area contributed by atoms with Gasteiger partial charge in [-0.2, -0.15) is 5.10 Å². The molecule has 6 nitrogen and oxygen atoms in total. The van der Waals surface area contributed by atoms with Crippen molar-refractivity contribution >= 4 is 29.1 Å². The molecule has 0 aliphatic carbocycles. The molecule has 0 spiro atoms. The number of methoxy groups -OCH3 is 1. The molecule has 3 aromatic carbocycles. The van der Waals surface area contributed by atoms with Crippen LogP contribution >= 0.6 is 11.8 Å². The van der Waals surface area contributed by atoms with E-state index >= 15 is 0 Å². The molecule has 1 aliphatic heterocycles. The molecule has 3 aromatic rings. The third-order valence-electron chi connectivity index (χ3n) is 5.61. The zero-order chi connectivity index (χ0) is 25.3. The number of carbonyl (C=O) groups excluding carboxylic acids is 1. The van der Waals surface area contributed by atoms with Gasteiger partial charge in [0.15, 0.2) is 16.7 Å². The van der Waals surface area contributed by atoms with Crippen molar-refractivity contribution in [1.29, 1.82) is 0 Å². The fraction of sp³-hybridized carbons (Fsp3) is 0.207. The maximum atomic E-state index is 13.0. The van der Waals surface area contributed by atoms with Crippen molar-refractivity contribution in [1.82, 2.24) is 4.90 Å². The minimum atomic E-state index is -0.234. The van der Waals surface area contributed by atoms with Gasteiger partial charge < -0.3 is 9.47 Å². The molecule has 0 radical (unpaired) electrons. The van der Waals surface area contributed by atoms with Crippen LogP contribution in [0.4, 0.5) is 0 Å². The minimum Gasteiger partial charge on any atom is -0.493 e. The van der Waals surface area contributed by atoms with Gasteiger partial charge in [-0.3, -0.25) is 9.69 Å². The highest BCUT2D eigenvalue weighted by atomic mass is 32.2. The number of carbonyl (C=O) groups is 1. The molecule has 0 N–H and O–H groups in total. The van der Waals surface area contributed by atoms with E-state index in [4.69, 9.17) is 9.47 Å². The van der Waals surface area contributed by atoms with Crippen LogP contribution in [0.1, 0.15) is 22.3 Å². The van der Waals surface area contributed by atoms with Gasteiger partial charge in [0.2, 0.25) is 5.91 Å². The minimum absolute atomic E-state index is 0.0249. The van der Waals surface area contributed by atoms with Gasteiger partial charge in [0.25, 0.3) is 0 Å². The van der Waals surface area contributed by atoms with Crippen molar-refractivity contribution in [3.8, 4) is 11.5 Å². The van der Waals surface area contributed by atoms with Gasteiger partial charge in [-0.15, -0.1) is 11.7 Å². The fourth-order valence-electron chi connectivity index (χ4n) is 3.83. The summed E-state index contributed by atoms with van der Waals surface area (Å²) in [7, 11) is 1.61. The fourth-order valence-corrected chi connectivity index (χ4v) is 4.97. The summed E-state index contributed by atoms with van der Waals surface area (Å²) in [6.07, 6.45) is 3.98. The van der Waals surface area contributed by atoms with E-state index in [-0.39, 0.29) is 11.2 Å². The molecule has 0 aromatic heterocycles. The Bertz CT molecular complexity index is 1270. The Balaban J connectivity index is 1.45. The van der Waals surface area contributed by atoms with E-state index in [9.17, 15) is 4.79 Å². The zero-order valence-corrected chi connectivity index (χ0v) is 21.3. The Hall–Kier alpha value is -3.84. The molecule has 0 saturated carbocycles. The lowest BCUT2D eigenvalue weighted by atomic mass is 10.1. The van der Waals surface area contributed by atoms with Crippen LogP contribution < -0.4 is 9.47 Å². The van der Waals surface area contributed by atoms with Gasteiger partial charge in [0, 0.05) is 6.54 Å². The van der Waals surface area contributed by atoms with Gasteiger partial charge in [0.05, 0.1) is 18.6 Å². The van der Waals surface area contributed by atoms with E-state index in [1.54, 1.807) is 24.3 Å². The number of benzene rings is 3. The van der Waals surface area contributed by atoms with Crippen molar-refractivity contribution in [2.45, 2.75) is 25.2 Å². The average molecular weight is 500 g/mol. The van der Waals surface area contributed by atoms with Gasteiger partial charge in [-0.25, -0.2) is 0 Å². The first-order valence-electron chi connectivity index (χ1n) is 11.7. The number of nitrogens with zero attached hydrogens (tertiary/aromatic N) is 3. The molecule has 1 aliphatic rings. The number of amidine groups is 1. The molecular formula is C29H29N3O3S. The summed E-state index contributed by atoms with van der Waals surface area (Å²) < 4.78 is 11.4. The van der Waals surface area contributed by atoms with E-state index in [0.29, 0.717) is 36.2 Å². The van der Waals surface area contributed by atoms with Crippen LogP contribution in [-0.2, 0) is 17.8 Å². The first-order chi connectivity index (χ1) is 17.6. The Morgan fingerprint density at radius 1 is 1.03 bits per heavy atom. The smallest absolute Gasteiger partial charge is 0.242 e. The summed E-state index contributed by atoms with van der Waals surface area (Å²) in [5.74, 6) is 1.29. The number of hydrogen-bond donors (Lipinski definition) is 0. The van der Waals surface area contributed by atoms with Gasteiger partial charge in [-0.1, -0.05) is 78.0 Å². The first-order valence-corrected chi connectivity index (χ1v) is 12.6. The topological polar surface area (TPSA) is 63.5 Å². The first kappa shape index (κ1) is 25.3. The number of rotatable bonds is 10. The van der Waals surface area contributed by atoms with Crippen molar-refractivity contribution in [3.63, 3.8) is 0 Å². The summed E-state index contributed by atoms with van der Waals surface area (Å²) in [4.78, 5) is 14.6. The van der Waals surface area contributed by atoms with Gasteiger partial charge in [-0.05, 0) is 48.2 Å². The van der Waals surface area contributed by atoms with E-state index in [1.165, 1.54) is 17.3 Å². The van der Waals surface area contributed by atoms with E-state index in [0.717, 1.165) is 16.7 Å². The van der Waals surface area contributed by atoms with Crippen molar-refractivity contribution in [2.24, 2.45) is 10.2 Å². The van der Waals surface area contributed by atoms with Gasteiger partial charge in [0.1, 0.15) is 6.61 Å². The Kier molecular flexibility index (Phi) is 8.57. The number of hydrogen-bond acceptors (Lipinski definition) is 6. The largest absolute Gasteiger partial charge is 0.493 e. The third-order valence-corrected chi connectivity index (χ3v) is 6.78. The summed E-state index contributed by atoms with van der Waals surface area (Å²) in [5.41, 5.74) is 4.20. The highest BCUT2D eigenvalue weighted by Gasteiger charge is 2.37. The molecule has 1 heterocycles. The lowest BCUT2D eigenvalue weighted by Gasteiger charge is -2.13. The van der Waals surface area contributed by atoms with Crippen LogP contribution in [0, 0.1) is 6.92 Å². The van der Waals surface area contributed by atoms with Crippen molar-refractivity contribution in [3.05, 3.63) is 108 Å². The van der Waals surface area contributed by atoms with Crippen LogP contribution in [0.15, 0.2) is 95.7 Å².